The van der Waals surface area contributed by atoms with Gasteiger partial charge in [-0.1, -0.05) is 42.5 Å². The molecule has 26 heavy (non-hydrogen) atoms. The van der Waals surface area contributed by atoms with Crippen LogP contribution in [0.4, 0.5) is 0 Å². The Balaban J connectivity index is 1.32. The van der Waals surface area contributed by atoms with Crippen LogP contribution >= 0.6 is 0 Å². The van der Waals surface area contributed by atoms with E-state index in [2.05, 4.69) is 62.1 Å². The minimum absolute atomic E-state index is 0.818. The van der Waals surface area contributed by atoms with Crippen LogP contribution in [-0.4, -0.2) is 39.4 Å². The Morgan fingerprint density at radius 1 is 0.923 bits per heavy atom. The van der Waals surface area contributed by atoms with E-state index in [0.717, 1.165) is 68.6 Å². The van der Waals surface area contributed by atoms with Gasteiger partial charge >= 0.3 is 0 Å². The average Bonchev–Trinajstić information content (AvgIpc) is 3.26. The van der Waals surface area contributed by atoms with Gasteiger partial charge in [-0.15, -0.1) is 10.2 Å². The van der Waals surface area contributed by atoms with E-state index in [9.17, 15) is 0 Å². The lowest BCUT2D eigenvalue weighted by molar-refractivity contribution is 0.271. The number of benzene rings is 2. The lowest BCUT2D eigenvalue weighted by Crippen LogP contribution is -2.26. The molecule has 0 radical (unpaired) electrons. The van der Waals surface area contributed by atoms with Gasteiger partial charge in [0.25, 0.3) is 0 Å². The Morgan fingerprint density at radius 3 is 2.77 bits per heavy atom. The van der Waals surface area contributed by atoms with Crippen LogP contribution in [0.15, 0.2) is 48.5 Å². The summed E-state index contributed by atoms with van der Waals surface area (Å²) in [6, 6.07) is 17.0. The van der Waals surface area contributed by atoms with Crippen molar-refractivity contribution in [3.8, 4) is 17.1 Å². The van der Waals surface area contributed by atoms with Crippen LogP contribution in [-0.2, 0) is 25.9 Å². The van der Waals surface area contributed by atoms with Crippen LogP contribution in [0.2, 0.25) is 0 Å². The second kappa shape index (κ2) is 6.57. The molecule has 0 atom stereocenters. The first kappa shape index (κ1) is 15.6. The van der Waals surface area contributed by atoms with E-state index in [4.69, 9.17) is 4.74 Å². The van der Waals surface area contributed by atoms with Gasteiger partial charge in [0.1, 0.15) is 11.6 Å². The summed E-state index contributed by atoms with van der Waals surface area (Å²) in [6.07, 6.45) is 1.97. The average molecular weight is 346 g/mol. The van der Waals surface area contributed by atoms with Crippen LogP contribution in [0.3, 0.4) is 0 Å². The maximum Gasteiger partial charge on any atom is 0.164 e. The van der Waals surface area contributed by atoms with Crippen molar-refractivity contribution in [3.05, 3.63) is 65.5 Å². The molecule has 2 aliphatic heterocycles. The third-order valence-electron chi connectivity index (χ3n) is 5.31. The molecule has 0 saturated heterocycles. The zero-order valence-electron chi connectivity index (χ0n) is 14.8. The highest BCUT2D eigenvalue weighted by molar-refractivity contribution is 5.55. The summed E-state index contributed by atoms with van der Waals surface area (Å²) >= 11 is 0. The standard InChI is InChI=1S/C21H22N4O/c1-2-4-17(5-3-1)21-23-22-20-8-10-24(11-12-25(20)21)15-16-6-7-19-18(14-16)9-13-26-19/h1-7,14H,8-13,15H2. The summed E-state index contributed by atoms with van der Waals surface area (Å²) in [4.78, 5) is 2.51. The molecule has 5 rings (SSSR count). The number of hydrogen-bond acceptors (Lipinski definition) is 4. The van der Waals surface area contributed by atoms with Crippen LogP contribution in [0.1, 0.15) is 17.0 Å². The predicted octanol–water partition coefficient (Wildman–Crippen LogP) is 2.94. The molecule has 0 N–H and O–H groups in total. The van der Waals surface area contributed by atoms with Crippen molar-refractivity contribution in [2.75, 3.05) is 19.7 Å². The normalized spacial score (nSPS) is 16.6. The van der Waals surface area contributed by atoms with Gasteiger partial charge in [0, 0.05) is 44.6 Å². The van der Waals surface area contributed by atoms with Crippen LogP contribution in [0.25, 0.3) is 11.4 Å². The SMILES string of the molecule is c1ccc(-c2nnc3n2CCN(Cc2ccc4c(c2)CCO4)CC3)cc1. The Hall–Kier alpha value is -2.66. The molecule has 0 bridgehead atoms. The van der Waals surface area contributed by atoms with E-state index in [0.29, 0.717) is 0 Å². The Bertz CT molecular complexity index is 919. The molecule has 3 aromatic rings. The number of aromatic nitrogens is 3. The third kappa shape index (κ3) is 2.88. The van der Waals surface area contributed by atoms with Crippen molar-refractivity contribution in [2.24, 2.45) is 0 Å². The molecule has 0 unspecified atom stereocenters. The van der Waals surface area contributed by atoms with Gasteiger partial charge < -0.3 is 9.30 Å². The molecule has 0 amide bonds. The van der Waals surface area contributed by atoms with Crippen molar-refractivity contribution in [1.29, 1.82) is 0 Å². The summed E-state index contributed by atoms with van der Waals surface area (Å²) in [5.41, 5.74) is 3.86. The third-order valence-corrected chi connectivity index (χ3v) is 5.31. The fourth-order valence-electron chi connectivity index (χ4n) is 3.92. The first-order valence-electron chi connectivity index (χ1n) is 9.31. The van der Waals surface area contributed by atoms with Crippen LogP contribution in [0, 0.1) is 0 Å². The maximum absolute atomic E-state index is 5.62. The van der Waals surface area contributed by atoms with Crippen molar-refractivity contribution in [1.82, 2.24) is 19.7 Å². The molecule has 0 spiro atoms. The van der Waals surface area contributed by atoms with Crippen molar-refractivity contribution < 1.29 is 4.74 Å². The smallest absolute Gasteiger partial charge is 0.164 e. The van der Waals surface area contributed by atoms with Gasteiger partial charge in [0.15, 0.2) is 5.82 Å². The monoisotopic (exact) mass is 346 g/mol. The number of ether oxygens (including phenoxy) is 1. The quantitative estimate of drug-likeness (QED) is 0.731. The van der Waals surface area contributed by atoms with E-state index in [1.807, 2.05) is 6.07 Å². The van der Waals surface area contributed by atoms with Crippen LogP contribution in [0.5, 0.6) is 5.75 Å². The summed E-state index contributed by atoms with van der Waals surface area (Å²) in [7, 11) is 0. The summed E-state index contributed by atoms with van der Waals surface area (Å²) < 4.78 is 7.90. The second-order valence-corrected chi connectivity index (χ2v) is 7.02. The van der Waals surface area contributed by atoms with E-state index < -0.39 is 0 Å². The van der Waals surface area contributed by atoms with E-state index >= 15 is 0 Å². The molecule has 3 heterocycles. The fraction of sp³-hybridized carbons (Fsp3) is 0.333. The van der Waals surface area contributed by atoms with Crippen molar-refractivity contribution in [2.45, 2.75) is 25.9 Å². The summed E-state index contributed by atoms with van der Waals surface area (Å²) in [6.45, 7) is 4.75. The predicted molar refractivity (Wildman–Crippen MR) is 100 cm³/mol. The van der Waals surface area contributed by atoms with Crippen LogP contribution < -0.4 is 4.74 Å². The highest BCUT2D eigenvalue weighted by atomic mass is 16.5. The molecular formula is C21H22N4O. The van der Waals surface area contributed by atoms with Crippen molar-refractivity contribution in [3.63, 3.8) is 0 Å². The largest absolute Gasteiger partial charge is 0.493 e. The highest BCUT2D eigenvalue weighted by Crippen LogP contribution is 2.27. The molecule has 5 heteroatoms. The molecular weight excluding hydrogens is 324 g/mol. The molecule has 132 valence electrons. The van der Waals surface area contributed by atoms with Gasteiger partial charge in [-0.05, 0) is 17.2 Å². The van der Waals surface area contributed by atoms with E-state index in [1.165, 1.54) is 11.1 Å². The fourth-order valence-corrected chi connectivity index (χ4v) is 3.92. The molecule has 2 aromatic carbocycles. The van der Waals surface area contributed by atoms with E-state index in [-0.39, 0.29) is 0 Å². The first-order valence-corrected chi connectivity index (χ1v) is 9.31. The lowest BCUT2D eigenvalue weighted by atomic mass is 10.1. The number of hydrogen-bond donors (Lipinski definition) is 0. The molecule has 0 saturated carbocycles. The number of fused-ring (bicyclic) bond motifs is 2. The Kier molecular flexibility index (Phi) is 3.94. The summed E-state index contributed by atoms with van der Waals surface area (Å²) in [5, 5.41) is 8.89. The molecule has 0 aliphatic carbocycles. The van der Waals surface area contributed by atoms with Gasteiger partial charge in [0.05, 0.1) is 6.61 Å². The zero-order valence-corrected chi connectivity index (χ0v) is 14.8. The number of rotatable bonds is 3. The van der Waals surface area contributed by atoms with Gasteiger partial charge in [-0.3, -0.25) is 4.90 Å². The molecule has 2 aliphatic rings. The highest BCUT2D eigenvalue weighted by Gasteiger charge is 2.20. The first-order chi connectivity index (χ1) is 12.9. The van der Waals surface area contributed by atoms with Gasteiger partial charge in [-0.25, -0.2) is 0 Å². The van der Waals surface area contributed by atoms with Crippen molar-refractivity contribution >= 4 is 0 Å². The Labute approximate surface area is 153 Å². The topological polar surface area (TPSA) is 43.2 Å². The molecule has 1 aromatic heterocycles. The van der Waals surface area contributed by atoms with Gasteiger partial charge in [0.2, 0.25) is 0 Å². The maximum atomic E-state index is 5.62. The zero-order chi connectivity index (χ0) is 17.3. The second-order valence-electron chi connectivity index (χ2n) is 7.02. The Morgan fingerprint density at radius 2 is 1.85 bits per heavy atom. The van der Waals surface area contributed by atoms with Gasteiger partial charge in [-0.2, -0.15) is 0 Å². The number of nitrogens with zero attached hydrogens (tertiary/aromatic N) is 4. The minimum Gasteiger partial charge on any atom is -0.493 e. The minimum atomic E-state index is 0.818. The lowest BCUT2D eigenvalue weighted by Gasteiger charge is -2.20. The molecule has 5 nitrogen and oxygen atoms in total. The van der Waals surface area contributed by atoms with E-state index in [1.54, 1.807) is 0 Å². The summed E-state index contributed by atoms with van der Waals surface area (Å²) in [5.74, 6) is 3.13. The molecule has 0 fully saturated rings.